The van der Waals surface area contributed by atoms with E-state index < -0.39 is 5.72 Å². The van der Waals surface area contributed by atoms with Crippen LogP contribution in [0.4, 0.5) is 0 Å². The Bertz CT molecular complexity index is 992. The lowest BCUT2D eigenvalue weighted by Crippen LogP contribution is -2.44. The lowest BCUT2D eigenvalue weighted by Gasteiger charge is -2.31. The number of aliphatic imine (C=N–C) groups is 1. The Balaban J connectivity index is 2.28. The van der Waals surface area contributed by atoms with Gasteiger partial charge in [0.2, 0.25) is 0 Å². The van der Waals surface area contributed by atoms with E-state index in [9.17, 15) is 15.6 Å². The summed E-state index contributed by atoms with van der Waals surface area (Å²) in [5, 5.41) is 33.2. The number of nitrogens with zero attached hydrogens (tertiary/aromatic N) is 3. The lowest BCUT2D eigenvalue weighted by molar-refractivity contribution is 0.0585. The van der Waals surface area contributed by atoms with E-state index in [1.54, 1.807) is 37.3 Å². The number of hydrogen-bond donors (Lipinski definition) is 2. The summed E-state index contributed by atoms with van der Waals surface area (Å²) in [6.45, 7) is 1.71. The first-order chi connectivity index (χ1) is 12.6. The van der Waals surface area contributed by atoms with Crippen LogP contribution in [0.2, 0.25) is 0 Å². The third-order valence-corrected chi connectivity index (χ3v) is 4.12. The quantitative estimate of drug-likeness (QED) is 0.878. The highest BCUT2D eigenvalue weighted by molar-refractivity contribution is 6.05. The molecule has 126 valence electrons. The van der Waals surface area contributed by atoms with E-state index in [0.717, 1.165) is 5.56 Å². The summed E-state index contributed by atoms with van der Waals surface area (Å²) < 4.78 is 0. The first-order valence-corrected chi connectivity index (χ1v) is 8.02. The Kier molecular flexibility index (Phi) is 4.66. The van der Waals surface area contributed by atoms with Crippen LogP contribution in [-0.2, 0) is 5.72 Å². The van der Waals surface area contributed by atoms with Crippen molar-refractivity contribution in [2.45, 2.75) is 12.6 Å². The Morgan fingerprint density at radius 2 is 1.62 bits per heavy atom. The van der Waals surface area contributed by atoms with Crippen LogP contribution in [0.5, 0.6) is 0 Å². The monoisotopic (exact) mass is 340 g/mol. The van der Waals surface area contributed by atoms with E-state index in [2.05, 4.69) is 10.3 Å². The van der Waals surface area contributed by atoms with Crippen LogP contribution >= 0.6 is 0 Å². The summed E-state index contributed by atoms with van der Waals surface area (Å²) in [7, 11) is 0. The normalized spacial score (nSPS) is 21.2. The summed E-state index contributed by atoms with van der Waals surface area (Å²) >= 11 is 0. The molecular weight excluding hydrogens is 324 g/mol. The molecule has 2 aromatic rings. The molecule has 1 atom stereocenters. The van der Waals surface area contributed by atoms with Gasteiger partial charge in [-0.3, -0.25) is 0 Å². The summed E-state index contributed by atoms with van der Waals surface area (Å²) in [5.74, 6) is 0. The maximum Gasteiger partial charge on any atom is 0.191 e. The van der Waals surface area contributed by atoms with Gasteiger partial charge in [-0.1, -0.05) is 60.7 Å². The van der Waals surface area contributed by atoms with Gasteiger partial charge < -0.3 is 10.4 Å². The minimum absolute atomic E-state index is 0.0594. The molecule has 2 aromatic carbocycles. The average Bonchev–Trinajstić information content (AvgIpc) is 2.79. The Labute approximate surface area is 151 Å². The van der Waals surface area contributed by atoms with Gasteiger partial charge in [0.15, 0.2) is 17.1 Å². The van der Waals surface area contributed by atoms with E-state index in [0.29, 0.717) is 16.8 Å². The maximum absolute atomic E-state index is 11.6. The van der Waals surface area contributed by atoms with Crippen LogP contribution < -0.4 is 5.32 Å². The number of allylic oxidation sites excluding steroid dienone is 2. The molecule has 0 aromatic heterocycles. The number of nitriles is 2. The van der Waals surface area contributed by atoms with E-state index in [1.165, 1.54) is 0 Å². The van der Waals surface area contributed by atoms with Crippen molar-refractivity contribution in [3.05, 3.63) is 88.8 Å². The summed E-state index contributed by atoms with van der Waals surface area (Å²) in [6.07, 6.45) is 1.80. The predicted molar refractivity (Wildman–Crippen MR) is 99.3 cm³/mol. The highest BCUT2D eigenvalue weighted by Crippen LogP contribution is 2.33. The minimum Gasteiger partial charge on any atom is -0.363 e. The smallest absolute Gasteiger partial charge is 0.191 e. The van der Waals surface area contributed by atoms with Gasteiger partial charge in [0, 0.05) is 16.8 Å². The molecule has 3 rings (SSSR count). The molecule has 0 fully saturated rings. The molecule has 1 heterocycles. The molecule has 2 N–H and O–H groups in total. The molecular formula is C21H16N4O. The second kappa shape index (κ2) is 7.06. The fraction of sp³-hybridized carbons (Fsp3) is 0.0952. The van der Waals surface area contributed by atoms with Crippen molar-refractivity contribution in [3.8, 4) is 12.1 Å². The molecule has 5 heteroatoms. The molecule has 0 saturated carbocycles. The van der Waals surface area contributed by atoms with Gasteiger partial charge in [-0.2, -0.15) is 10.5 Å². The Morgan fingerprint density at radius 1 is 1.00 bits per heavy atom. The largest absolute Gasteiger partial charge is 0.363 e. The van der Waals surface area contributed by atoms with Crippen molar-refractivity contribution in [1.82, 2.24) is 5.32 Å². The molecule has 0 amide bonds. The number of hydrogen-bond acceptors (Lipinski definition) is 5. The van der Waals surface area contributed by atoms with Crippen LogP contribution in [0.1, 0.15) is 18.1 Å². The maximum atomic E-state index is 11.6. The average molecular weight is 340 g/mol. The van der Waals surface area contributed by atoms with Gasteiger partial charge in [0.1, 0.15) is 12.1 Å². The van der Waals surface area contributed by atoms with Crippen LogP contribution in [0.25, 0.3) is 6.08 Å². The van der Waals surface area contributed by atoms with Crippen molar-refractivity contribution in [3.63, 3.8) is 0 Å². The molecule has 0 bridgehead atoms. The van der Waals surface area contributed by atoms with E-state index in [4.69, 9.17) is 0 Å². The van der Waals surface area contributed by atoms with Crippen molar-refractivity contribution < 1.29 is 5.11 Å². The minimum atomic E-state index is -1.70. The molecule has 5 nitrogen and oxygen atoms in total. The fourth-order valence-electron chi connectivity index (χ4n) is 2.85. The SMILES string of the molecule is CC1=NC(C#N)=C(C#N)NC(O)(c2ccccc2)/C1=C\c1ccccc1. The summed E-state index contributed by atoms with van der Waals surface area (Å²) in [4.78, 5) is 4.27. The standard InChI is InChI=1S/C21H16N4O/c1-15-18(12-16-8-4-2-5-9-16)21(26,17-10-6-3-7-11-17)25-20(14-23)19(13-22)24-15/h2-12,25-26H,1H3/b18-12-. The molecule has 0 radical (unpaired) electrons. The zero-order valence-electron chi connectivity index (χ0n) is 14.1. The Hall–Kier alpha value is -3.67. The number of benzene rings is 2. The van der Waals surface area contributed by atoms with Crippen molar-refractivity contribution >= 4 is 11.8 Å². The van der Waals surface area contributed by atoms with E-state index in [1.807, 2.05) is 48.5 Å². The third kappa shape index (κ3) is 3.12. The zero-order valence-corrected chi connectivity index (χ0v) is 14.1. The van der Waals surface area contributed by atoms with Crippen LogP contribution in [0.15, 0.2) is 82.6 Å². The van der Waals surface area contributed by atoms with Gasteiger partial charge in [0.25, 0.3) is 0 Å². The highest BCUT2D eigenvalue weighted by atomic mass is 16.3. The fourth-order valence-corrected chi connectivity index (χ4v) is 2.85. The summed E-state index contributed by atoms with van der Waals surface area (Å²) in [5.41, 5.74) is 0.498. The second-order valence-corrected chi connectivity index (χ2v) is 5.81. The number of aliphatic hydroxyl groups is 1. The van der Waals surface area contributed by atoms with E-state index in [-0.39, 0.29) is 11.4 Å². The van der Waals surface area contributed by atoms with Crippen LogP contribution in [0.3, 0.4) is 0 Å². The van der Waals surface area contributed by atoms with Crippen LogP contribution in [-0.4, -0.2) is 10.8 Å². The van der Waals surface area contributed by atoms with Crippen molar-refractivity contribution in [1.29, 1.82) is 10.5 Å². The first kappa shape index (κ1) is 17.2. The van der Waals surface area contributed by atoms with Crippen molar-refractivity contribution in [2.24, 2.45) is 4.99 Å². The van der Waals surface area contributed by atoms with Gasteiger partial charge in [-0.15, -0.1) is 0 Å². The predicted octanol–water partition coefficient (Wildman–Crippen LogP) is 3.24. The highest BCUT2D eigenvalue weighted by Gasteiger charge is 2.38. The van der Waals surface area contributed by atoms with Crippen molar-refractivity contribution in [2.75, 3.05) is 0 Å². The molecule has 1 unspecified atom stereocenters. The van der Waals surface area contributed by atoms with Crippen LogP contribution in [0, 0.1) is 22.7 Å². The number of nitrogens with one attached hydrogen (secondary N) is 1. The topological polar surface area (TPSA) is 92.2 Å². The van der Waals surface area contributed by atoms with Gasteiger partial charge in [0.05, 0.1) is 0 Å². The molecule has 0 saturated heterocycles. The van der Waals surface area contributed by atoms with E-state index >= 15 is 0 Å². The first-order valence-electron chi connectivity index (χ1n) is 8.02. The van der Waals surface area contributed by atoms with Gasteiger partial charge >= 0.3 is 0 Å². The molecule has 1 aliphatic heterocycles. The Morgan fingerprint density at radius 3 is 2.19 bits per heavy atom. The third-order valence-electron chi connectivity index (χ3n) is 4.12. The second-order valence-electron chi connectivity index (χ2n) is 5.81. The molecule has 26 heavy (non-hydrogen) atoms. The van der Waals surface area contributed by atoms with Gasteiger partial charge in [-0.25, -0.2) is 4.99 Å². The van der Waals surface area contributed by atoms with Gasteiger partial charge in [-0.05, 0) is 18.6 Å². The molecule has 0 aliphatic carbocycles. The zero-order chi connectivity index (χ0) is 18.6. The lowest BCUT2D eigenvalue weighted by atomic mass is 9.89. The summed E-state index contributed by atoms with van der Waals surface area (Å²) in [6, 6.07) is 22.3. The molecule has 1 aliphatic rings. The molecule has 0 spiro atoms. The number of rotatable bonds is 2.